The van der Waals surface area contributed by atoms with E-state index in [4.69, 9.17) is 17.0 Å². The maximum atomic E-state index is 13.7. The van der Waals surface area contributed by atoms with Crippen LogP contribution in [0.25, 0.3) is 0 Å². The SMILES string of the molecule is COc1ccc(N(C)CCNC(=S)Nc2ccc(Br)cc2F)cc1. The van der Waals surface area contributed by atoms with Gasteiger partial charge in [0.1, 0.15) is 11.6 Å². The van der Waals surface area contributed by atoms with Crippen LogP contribution in [-0.2, 0) is 0 Å². The zero-order valence-corrected chi connectivity index (χ0v) is 15.9. The minimum Gasteiger partial charge on any atom is -0.497 e. The first-order valence-corrected chi connectivity index (χ1v) is 8.55. The van der Waals surface area contributed by atoms with Gasteiger partial charge in [0.05, 0.1) is 12.8 Å². The van der Waals surface area contributed by atoms with E-state index in [1.165, 1.54) is 6.07 Å². The van der Waals surface area contributed by atoms with Gasteiger partial charge in [0.25, 0.3) is 0 Å². The Morgan fingerprint density at radius 1 is 1.25 bits per heavy atom. The highest BCUT2D eigenvalue weighted by atomic mass is 79.9. The number of ether oxygens (including phenoxy) is 1. The third-order valence-electron chi connectivity index (χ3n) is 3.43. The summed E-state index contributed by atoms with van der Waals surface area (Å²) in [7, 11) is 3.64. The molecular formula is C17H19BrFN3OS. The summed E-state index contributed by atoms with van der Waals surface area (Å²) in [5.41, 5.74) is 1.43. The lowest BCUT2D eigenvalue weighted by Gasteiger charge is -2.20. The van der Waals surface area contributed by atoms with Crippen LogP contribution in [0.3, 0.4) is 0 Å². The van der Waals surface area contributed by atoms with E-state index in [-0.39, 0.29) is 5.82 Å². The molecule has 2 aromatic rings. The number of thiocarbonyl (C=S) groups is 1. The number of rotatable bonds is 6. The minimum absolute atomic E-state index is 0.346. The van der Waals surface area contributed by atoms with Crippen molar-refractivity contribution >= 4 is 44.6 Å². The van der Waals surface area contributed by atoms with E-state index in [0.29, 0.717) is 21.8 Å². The van der Waals surface area contributed by atoms with Crippen LogP contribution < -0.4 is 20.3 Å². The number of methoxy groups -OCH3 is 1. The molecule has 0 atom stereocenters. The van der Waals surface area contributed by atoms with Gasteiger partial charge >= 0.3 is 0 Å². The van der Waals surface area contributed by atoms with Gasteiger partial charge in [-0.2, -0.15) is 0 Å². The fourth-order valence-corrected chi connectivity index (χ4v) is 2.61. The van der Waals surface area contributed by atoms with Gasteiger partial charge in [0.15, 0.2) is 5.11 Å². The molecule has 128 valence electrons. The van der Waals surface area contributed by atoms with E-state index in [1.807, 2.05) is 31.3 Å². The number of halogens is 2. The van der Waals surface area contributed by atoms with Crippen LogP contribution in [-0.4, -0.2) is 32.4 Å². The Bertz CT molecular complexity index is 697. The molecule has 2 N–H and O–H groups in total. The molecule has 0 fully saturated rings. The highest BCUT2D eigenvalue weighted by Gasteiger charge is 2.05. The highest BCUT2D eigenvalue weighted by Crippen LogP contribution is 2.19. The summed E-state index contributed by atoms with van der Waals surface area (Å²) in [4.78, 5) is 2.09. The number of likely N-dealkylation sites (N-methyl/N-ethyl adjacent to an activating group) is 1. The summed E-state index contributed by atoms with van der Waals surface area (Å²) in [6.07, 6.45) is 0. The summed E-state index contributed by atoms with van der Waals surface area (Å²) >= 11 is 8.42. The molecule has 0 bridgehead atoms. The third-order valence-corrected chi connectivity index (χ3v) is 4.16. The molecule has 24 heavy (non-hydrogen) atoms. The monoisotopic (exact) mass is 411 g/mol. The highest BCUT2D eigenvalue weighted by molar-refractivity contribution is 9.10. The van der Waals surface area contributed by atoms with Crippen molar-refractivity contribution in [2.75, 3.05) is 37.5 Å². The molecule has 4 nitrogen and oxygen atoms in total. The van der Waals surface area contributed by atoms with Crippen molar-refractivity contribution in [2.24, 2.45) is 0 Å². The van der Waals surface area contributed by atoms with Gasteiger partial charge < -0.3 is 20.3 Å². The van der Waals surface area contributed by atoms with Crippen LogP contribution in [0, 0.1) is 5.82 Å². The average molecular weight is 412 g/mol. The Morgan fingerprint density at radius 2 is 1.96 bits per heavy atom. The van der Waals surface area contributed by atoms with Crippen molar-refractivity contribution in [3.8, 4) is 5.75 Å². The quantitative estimate of drug-likeness (QED) is 0.701. The van der Waals surface area contributed by atoms with Crippen LogP contribution in [0.1, 0.15) is 0 Å². The topological polar surface area (TPSA) is 36.5 Å². The predicted molar refractivity (Wildman–Crippen MR) is 105 cm³/mol. The molecule has 0 saturated carbocycles. The maximum Gasteiger partial charge on any atom is 0.170 e. The zero-order valence-electron chi connectivity index (χ0n) is 13.5. The molecule has 0 amide bonds. The number of nitrogens with one attached hydrogen (secondary N) is 2. The van der Waals surface area contributed by atoms with Crippen LogP contribution in [0.15, 0.2) is 46.9 Å². The van der Waals surface area contributed by atoms with E-state index in [0.717, 1.165) is 18.0 Å². The molecule has 0 spiro atoms. The summed E-state index contributed by atoms with van der Waals surface area (Å²) < 4.78 is 19.6. The number of hydrogen-bond donors (Lipinski definition) is 2. The minimum atomic E-state index is -0.358. The van der Waals surface area contributed by atoms with Crippen LogP contribution >= 0.6 is 28.1 Å². The molecule has 0 heterocycles. The van der Waals surface area contributed by atoms with Crippen molar-refractivity contribution in [3.05, 3.63) is 52.8 Å². The van der Waals surface area contributed by atoms with Crippen molar-refractivity contribution in [1.82, 2.24) is 5.32 Å². The summed E-state index contributed by atoms with van der Waals surface area (Å²) in [5.74, 6) is 0.469. The van der Waals surface area contributed by atoms with Gasteiger partial charge in [-0.05, 0) is 54.7 Å². The normalized spacial score (nSPS) is 10.2. The van der Waals surface area contributed by atoms with Gasteiger partial charge in [-0.25, -0.2) is 4.39 Å². The number of hydrogen-bond acceptors (Lipinski definition) is 3. The summed E-state index contributed by atoms with van der Waals surface area (Å²) in [6.45, 7) is 1.38. The maximum absolute atomic E-state index is 13.7. The van der Waals surface area contributed by atoms with Crippen molar-refractivity contribution in [2.45, 2.75) is 0 Å². The van der Waals surface area contributed by atoms with E-state index >= 15 is 0 Å². The number of anilines is 2. The molecule has 0 aliphatic heterocycles. The van der Waals surface area contributed by atoms with Gasteiger partial charge in [-0.1, -0.05) is 15.9 Å². The van der Waals surface area contributed by atoms with Crippen LogP contribution in [0.4, 0.5) is 15.8 Å². The fourth-order valence-electron chi connectivity index (χ4n) is 2.06. The van der Waals surface area contributed by atoms with Gasteiger partial charge in [-0.15, -0.1) is 0 Å². The second-order valence-electron chi connectivity index (χ2n) is 5.12. The first kappa shape index (κ1) is 18.5. The average Bonchev–Trinajstić information content (AvgIpc) is 2.57. The Hall–Kier alpha value is -1.86. The van der Waals surface area contributed by atoms with Crippen LogP contribution in [0.2, 0.25) is 0 Å². The molecule has 0 aliphatic carbocycles. The largest absolute Gasteiger partial charge is 0.497 e. The van der Waals surface area contributed by atoms with Crippen molar-refractivity contribution in [3.63, 3.8) is 0 Å². The van der Waals surface area contributed by atoms with Gasteiger partial charge in [-0.3, -0.25) is 0 Å². The molecule has 0 unspecified atom stereocenters. The molecule has 7 heteroatoms. The van der Waals surface area contributed by atoms with E-state index in [9.17, 15) is 4.39 Å². The Morgan fingerprint density at radius 3 is 2.58 bits per heavy atom. The smallest absolute Gasteiger partial charge is 0.170 e. The third kappa shape index (κ3) is 5.35. The lowest BCUT2D eigenvalue weighted by molar-refractivity contribution is 0.415. The van der Waals surface area contributed by atoms with Crippen molar-refractivity contribution < 1.29 is 9.13 Å². The van der Waals surface area contributed by atoms with Gasteiger partial charge in [0.2, 0.25) is 0 Å². The van der Waals surface area contributed by atoms with Gasteiger partial charge in [0, 0.05) is 30.3 Å². The lowest BCUT2D eigenvalue weighted by atomic mass is 10.3. The molecule has 0 radical (unpaired) electrons. The predicted octanol–water partition coefficient (Wildman–Crippen LogP) is 4.02. The van der Waals surface area contributed by atoms with Crippen LogP contribution in [0.5, 0.6) is 5.75 Å². The Kier molecular flexibility index (Phi) is 6.81. The summed E-state index contributed by atoms with van der Waals surface area (Å²) in [5, 5.41) is 6.32. The Labute approximate surface area is 155 Å². The number of benzene rings is 2. The second-order valence-corrected chi connectivity index (χ2v) is 6.45. The molecule has 2 rings (SSSR count). The standard InChI is InChI=1S/C17H19BrFN3OS/c1-22(13-4-6-14(23-2)7-5-13)10-9-20-17(24)21-16-8-3-12(18)11-15(16)19/h3-8,11H,9-10H2,1-2H3,(H2,20,21,24). The summed E-state index contributed by atoms with van der Waals surface area (Å²) in [6, 6.07) is 12.6. The fraction of sp³-hybridized carbons (Fsp3) is 0.235. The molecule has 2 aromatic carbocycles. The van der Waals surface area contributed by atoms with E-state index in [2.05, 4.69) is 31.5 Å². The van der Waals surface area contributed by atoms with Crippen molar-refractivity contribution in [1.29, 1.82) is 0 Å². The molecular weight excluding hydrogens is 393 g/mol. The van der Waals surface area contributed by atoms with E-state index < -0.39 is 0 Å². The first-order valence-electron chi connectivity index (χ1n) is 7.34. The second kappa shape index (κ2) is 8.84. The zero-order chi connectivity index (χ0) is 17.5. The molecule has 0 aliphatic rings. The van der Waals surface area contributed by atoms with E-state index in [1.54, 1.807) is 19.2 Å². The first-order chi connectivity index (χ1) is 11.5. The molecule has 0 aromatic heterocycles. The molecule has 0 saturated heterocycles. The number of nitrogens with zero attached hydrogens (tertiary/aromatic N) is 1. The lowest BCUT2D eigenvalue weighted by Crippen LogP contribution is -2.35. The Balaban J connectivity index is 1.79.